The van der Waals surface area contributed by atoms with E-state index in [1.165, 1.54) is 7.11 Å². The standard InChI is InChI=1S/C27H34N4O6/c1-17(2)13-20(30-26(33)36-27(3,4)5)16-35-22-8-7-18(14-21(22)23-10-12-29-37-23)19-9-11-28-24(15-19)31-25(32)34-6/h7-12,14-15,17,20H,13,16H2,1-6H3,(H,30,33)(H,28,31,32)/t20-/m0/s1. The number of alkyl carbamates (subject to hydrolysis) is 1. The molecule has 1 aromatic carbocycles. The van der Waals surface area contributed by atoms with E-state index in [2.05, 4.69) is 39.4 Å². The highest BCUT2D eigenvalue weighted by atomic mass is 16.6. The Bertz CT molecular complexity index is 1190. The molecular weight excluding hydrogens is 476 g/mol. The fraction of sp³-hybridized carbons (Fsp3) is 0.407. The number of methoxy groups -OCH3 is 1. The SMILES string of the molecule is COC(=O)Nc1cc(-c2ccc(OC[C@H](CC(C)C)NC(=O)OC(C)(C)C)c(-c3ccno3)c2)ccn1. The van der Waals surface area contributed by atoms with Gasteiger partial charge in [0.15, 0.2) is 5.76 Å². The Morgan fingerprint density at radius 1 is 1.03 bits per heavy atom. The highest BCUT2D eigenvalue weighted by Crippen LogP contribution is 2.35. The van der Waals surface area contributed by atoms with Gasteiger partial charge in [-0.1, -0.05) is 25.1 Å². The molecule has 0 aliphatic carbocycles. The zero-order chi connectivity index (χ0) is 27.0. The largest absolute Gasteiger partial charge is 0.491 e. The van der Waals surface area contributed by atoms with Gasteiger partial charge in [0.1, 0.15) is 23.8 Å². The van der Waals surface area contributed by atoms with Crippen molar-refractivity contribution < 1.29 is 28.3 Å². The maximum Gasteiger partial charge on any atom is 0.412 e. The van der Waals surface area contributed by atoms with Crippen LogP contribution in [0.25, 0.3) is 22.5 Å². The summed E-state index contributed by atoms with van der Waals surface area (Å²) in [5.41, 5.74) is 1.76. The Morgan fingerprint density at radius 2 is 1.78 bits per heavy atom. The smallest absolute Gasteiger partial charge is 0.412 e. The van der Waals surface area contributed by atoms with Crippen molar-refractivity contribution in [3.63, 3.8) is 0 Å². The number of pyridine rings is 1. The van der Waals surface area contributed by atoms with Crippen LogP contribution in [0.4, 0.5) is 15.4 Å². The molecule has 0 spiro atoms. The maximum absolute atomic E-state index is 12.4. The molecule has 2 amide bonds. The monoisotopic (exact) mass is 510 g/mol. The van der Waals surface area contributed by atoms with Gasteiger partial charge in [0, 0.05) is 12.3 Å². The number of nitrogens with zero attached hydrogens (tertiary/aromatic N) is 2. The number of benzene rings is 1. The molecule has 2 aromatic heterocycles. The Hall–Kier alpha value is -4.08. The van der Waals surface area contributed by atoms with E-state index in [0.717, 1.165) is 11.1 Å². The Labute approximate surface area is 216 Å². The summed E-state index contributed by atoms with van der Waals surface area (Å²) in [6.45, 7) is 9.86. The highest BCUT2D eigenvalue weighted by molar-refractivity contribution is 5.84. The second-order valence-electron chi connectivity index (χ2n) is 9.92. The predicted molar refractivity (Wildman–Crippen MR) is 139 cm³/mol. The van der Waals surface area contributed by atoms with Gasteiger partial charge in [-0.3, -0.25) is 5.32 Å². The van der Waals surface area contributed by atoms with E-state index in [0.29, 0.717) is 35.2 Å². The molecule has 0 saturated carbocycles. The molecule has 0 aliphatic heterocycles. The molecule has 0 radical (unpaired) electrons. The number of hydrogen-bond donors (Lipinski definition) is 2. The molecule has 1 atom stereocenters. The molecule has 2 heterocycles. The minimum Gasteiger partial charge on any atom is -0.491 e. The number of ether oxygens (including phenoxy) is 3. The topological polar surface area (TPSA) is 125 Å². The first-order valence-corrected chi connectivity index (χ1v) is 12.0. The quantitative estimate of drug-likeness (QED) is 0.364. The third-order valence-corrected chi connectivity index (χ3v) is 5.11. The first-order valence-electron chi connectivity index (χ1n) is 12.0. The molecule has 2 N–H and O–H groups in total. The van der Waals surface area contributed by atoms with Crippen molar-refractivity contribution in [2.45, 2.75) is 52.7 Å². The zero-order valence-electron chi connectivity index (χ0n) is 22.0. The minimum absolute atomic E-state index is 0.236. The van der Waals surface area contributed by atoms with Gasteiger partial charge in [-0.15, -0.1) is 0 Å². The molecule has 10 heteroatoms. The summed E-state index contributed by atoms with van der Waals surface area (Å²) in [6, 6.07) is 10.7. The molecule has 0 aliphatic rings. The van der Waals surface area contributed by atoms with Crippen LogP contribution in [0.2, 0.25) is 0 Å². The second kappa shape index (κ2) is 12.2. The van der Waals surface area contributed by atoms with E-state index < -0.39 is 17.8 Å². The summed E-state index contributed by atoms with van der Waals surface area (Å²) in [4.78, 5) is 28.1. The summed E-state index contributed by atoms with van der Waals surface area (Å²) in [5.74, 6) is 1.79. The summed E-state index contributed by atoms with van der Waals surface area (Å²) < 4.78 is 21.7. The molecule has 0 fully saturated rings. The van der Waals surface area contributed by atoms with Gasteiger partial charge in [0.2, 0.25) is 0 Å². The third kappa shape index (κ3) is 8.52. The van der Waals surface area contributed by atoms with Crippen LogP contribution in [0, 0.1) is 5.92 Å². The van der Waals surface area contributed by atoms with E-state index in [-0.39, 0.29) is 12.6 Å². The van der Waals surface area contributed by atoms with Crippen molar-refractivity contribution in [2.24, 2.45) is 5.92 Å². The Balaban J connectivity index is 1.84. The van der Waals surface area contributed by atoms with Crippen molar-refractivity contribution >= 4 is 18.0 Å². The normalized spacial score (nSPS) is 12.1. The lowest BCUT2D eigenvalue weighted by molar-refractivity contribution is 0.0480. The third-order valence-electron chi connectivity index (χ3n) is 5.11. The van der Waals surface area contributed by atoms with Gasteiger partial charge < -0.3 is 24.1 Å². The molecule has 0 unspecified atom stereocenters. The van der Waals surface area contributed by atoms with Crippen LogP contribution in [0.15, 0.2) is 53.3 Å². The van der Waals surface area contributed by atoms with Crippen LogP contribution in [0.3, 0.4) is 0 Å². The second-order valence-corrected chi connectivity index (χ2v) is 9.92. The summed E-state index contributed by atoms with van der Waals surface area (Å²) in [5, 5.41) is 9.31. The summed E-state index contributed by atoms with van der Waals surface area (Å²) in [7, 11) is 1.29. The van der Waals surface area contributed by atoms with E-state index in [9.17, 15) is 9.59 Å². The summed E-state index contributed by atoms with van der Waals surface area (Å²) >= 11 is 0. The Morgan fingerprint density at radius 3 is 2.43 bits per heavy atom. The fourth-order valence-electron chi connectivity index (χ4n) is 3.62. The lowest BCUT2D eigenvalue weighted by Crippen LogP contribution is -2.42. The predicted octanol–water partition coefficient (Wildman–Crippen LogP) is 5.90. The van der Waals surface area contributed by atoms with Crippen LogP contribution >= 0.6 is 0 Å². The zero-order valence-corrected chi connectivity index (χ0v) is 22.0. The van der Waals surface area contributed by atoms with Crippen LogP contribution < -0.4 is 15.4 Å². The van der Waals surface area contributed by atoms with Gasteiger partial charge >= 0.3 is 12.2 Å². The van der Waals surface area contributed by atoms with Crippen molar-refractivity contribution in [1.82, 2.24) is 15.5 Å². The number of anilines is 1. The van der Waals surface area contributed by atoms with Crippen LogP contribution in [0.5, 0.6) is 5.75 Å². The number of carbonyl (C=O) groups is 2. The van der Waals surface area contributed by atoms with Gasteiger partial charge in [-0.2, -0.15) is 0 Å². The average Bonchev–Trinajstić information content (AvgIpc) is 3.36. The van der Waals surface area contributed by atoms with E-state index in [1.807, 2.05) is 45.0 Å². The number of hydrogen-bond acceptors (Lipinski definition) is 8. The maximum atomic E-state index is 12.4. The lowest BCUT2D eigenvalue weighted by atomic mass is 10.0. The molecule has 37 heavy (non-hydrogen) atoms. The van der Waals surface area contributed by atoms with Crippen LogP contribution in [-0.4, -0.2) is 47.7 Å². The van der Waals surface area contributed by atoms with Crippen LogP contribution in [0.1, 0.15) is 41.0 Å². The van der Waals surface area contributed by atoms with Crippen molar-refractivity contribution in [1.29, 1.82) is 0 Å². The summed E-state index contributed by atoms with van der Waals surface area (Å²) in [6.07, 6.45) is 2.77. The van der Waals surface area contributed by atoms with Crippen molar-refractivity contribution in [2.75, 3.05) is 19.0 Å². The van der Waals surface area contributed by atoms with Gasteiger partial charge in [0.05, 0.1) is 24.9 Å². The fourth-order valence-corrected chi connectivity index (χ4v) is 3.62. The molecule has 198 valence electrons. The van der Waals surface area contributed by atoms with Gasteiger partial charge in [0.25, 0.3) is 0 Å². The minimum atomic E-state index is -0.605. The van der Waals surface area contributed by atoms with E-state index >= 15 is 0 Å². The molecule has 10 nitrogen and oxygen atoms in total. The highest BCUT2D eigenvalue weighted by Gasteiger charge is 2.22. The molecule has 0 bridgehead atoms. The number of carbonyl (C=O) groups excluding carboxylic acids is 2. The number of aromatic nitrogens is 2. The molecular formula is C27H34N4O6. The van der Waals surface area contributed by atoms with Gasteiger partial charge in [-0.05, 0) is 68.5 Å². The molecule has 3 aromatic rings. The van der Waals surface area contributed by atoms with Crippen molar-refractivity contribution in [3.8, 4) is 28.2 Å². The average molecular weight is 511 g/mol. The van der Waals surface area contributed by atoms with E-state index in [1.54, 1.807) is 24.5 Å². The van der Waals surface area contributed by atoms with Crippen molar-refractivity contribution in [3.05, 3.63) is 48.8 Å². The van der Waals surface area contributed by atoms with Gasteiger partial charge in [-0.25, -0.2) is 14.6 Å². The first kappa shape index (κ1) is 27.5. The molecule has 3 rings (SSSR count). The number of nitrogens with one attached hydrogen (secondary N) is 2. The number of amides is 2. The lowest BCUT2D eigenvalue weighted by Gasteiger charge is -2.25. The Kier molecular flexibility index (Phi) is 9.10. The van der Waals surface area contributed by atoms with E-state index in [4.69, 9.17) is 14.0 Å². The van der Waals surface area contributed by atoms with Crippen LogP contribution in [-0.2, 0) is 9.47 Å². The molecule has 0 saturated heterocycles. The first-order chi connectivity index (χ1) is 17.5. The number of rotatable bonds is 9.